The fraction of sp³-hybridized carbons (Fsp3) is 0.571. The Morgan fingerprint density at radius 2 is 2.21 bits per heavy atom. The Bertz CT molecular complexity index is 383. The fourth-order valence-corrected chi connectivity index (χ4v) is 2.85. The summed E-state index contributed by atoms with van der Waals surface area (Å²) in [5.41, 5.74) is 0.792. The van der Waals surface area contributed by atoms with Crippen LogP contribution in [-0.4, -0.2) is 25.0 Å². The summed E-state index contributed by atoms with van der Waals surface area (Å²) in [7, 11) is 0. The average molecular weight is 287 g/mol. The van der Waals surface area contributed by atoms with E-state index in [2.05, 4.69) is 5.32 Å². The number of hydrogen-bond acceptors (Lipinski definition) is 3. The standard InChI is InChI=1S/C14H19F2NOS/c15-14(16)19-13-8-2-1-7-12(13)17-9-3-5-11-6-4-10-18-11/h1-2,7-8,11,14,17H,3-6,9-10H2. The molecular formula is C14H19F2NOS. The number of alkyl halides is 2. The van der Waals surface area contributed by atoms with Crippen LogP contribution in [0.2, 0.25) is 0 Å². The number of para-hydroxylation sites is 1. The van der Waals surface area contributed by atoms with Gasteiger partial charge in [0.1, 0.15) is 0 Å². The number of anilines is 1. The Labute approximate surface area is 116 Å². The van der Waals surface area contributed by atoms with Gasteiger partial charge < -0.3 is 10.1 Å². The molecule has 19 heavy (non-hydrogen) atoms. The third-order valence-electron chi connectivity index (χ3n) is 3.15. The monoisotopic (exact) mass is 287 g/mol. The molecule has 0 spiro atoms. The van der Waals surface area contributed by atoms with Gasteiger partial charge in [0.15, 0.2) is 0 Å². The number of hydrogen-bond donors (Lipinski definition) is 1. The first-order chi connectivity index (χ1) is 9.25. The van der Waals surface area contributed by atoms with Crippen LogP contribution >= 0.6 is 11.8 Å². The van der Waals surface area contributed by atoms with E-state index in [4.69, 9.17) is 4.74 Å². The molecule has 1 aromatic carbocycles. The van der Waals surface area contributed by atoms with Gasteiger partial charge in [0.05, 0.1) is 6.10 Å². The Balaban J connectivity index is 1.75. The predicted molar refractivity (Wildman–Crippen MR) is 75.0 cm³/mol. The van der Waals surface area contributed by atoms with Crippen molar-refractivity contribution in [2.45, 2.75) is 42.4 Å². The van der Waals surface area contributed by atoms with Gasteiger partial charge in [-0.1, -0.05) is 23.9 Å². The van der Waals surface area contributed by atoms with Crippen LogP contribution < -0.4 is 5.32 Å². The molecule has 1 aliphatic heterocycles. The second kappa shape index (κ2) is 7.70. The number of rotatable bonds is 7. The van der Waals surface area contributed by atoms with Gasteiger partial charge >= 0.3 is 0 Å². The van der Waals surface area contributed by atoms with Crippen LogP contribution in [0.5, 0.6) is 0 Å². The molecule has 1 aliphatic rings. The van der Waals surface area contributed by atoms with Gasteiger partial charge in [0.2, 0.25) is 0 Å². The Kier molecular flexibility index (Phi) is 5.92. The molecule has 1 aromatic rings. The Morgan fingerprint density at radius 1 is 1.37 bits per heavy atom. The molecule has 1 heterocycles. The lowest BCUT2D eigenvalue weighted by atomic mass is 10.1. The zero-order valence-electron chi connectivity index (χ0n) is 10.8. The van der Waals surface area contributed by atoms with Crippen molar-refractivity contribution in [2.24, 2.45) is 0 Å². The molecule has 1 saturated heterocycles. The average Bonchev–Trinajstić information content (AvgIpc) is 2.89. The molecule has 0 aromatic heterocycles. The second-order valence-electron chi connectivity index (χ2n) is 4.58. The molecule has 106 valence electrons. The number of thioether (sulfide) groups is 1. The molecule has 0 radical (unpaired) electrons. The van der Waals surface area contributed by atoms with Crippen molar-refractivity contribution in [2.75, 3.05) is 18.5 Å². The van der Waals surface area contributed by atoms with E-state index in [1.165, 1.54) is 0 Å². The molecule has 2 rings (SSSR count). The van der Waals surface area contributed by atoms with Crippen molar-refractivity contribution >= 4 is 17.4 Å². The molecule has 1 N–H and O–H groups in total. The van der Waals surface area contributed by atoms with Crippen molar-refractivity contribution in [3.05, 3.63) is 24.3 Å². The largest absolute Gasteiger partial charge is 0.384 e. The van der Waals surface area contributed by atoms with Crippen molar-refractivity contribution in [3.8, 4) is 0 Å². The summed E-state index contributed by atoms with van der Waals surface area (Å²) in [6, 6.07) is 7.20. The minimum absolute atomic E-state index is 0.396. The van der Waals surface area contributed by atoms with Crippen molar-refractivity contribution < 1.29 is 13.5 Å². The van der Waals surface area contributed by atoms with E-state index in [1.807, 2.05) is 12.1 Å². The molecule has 1 atom stereocenters. The normalized spacial score (nSPS) is 19.0. The van der Waals surface area contributed by atoms with E-state index in [0.717, 1.165) is 44.5 Å². The summed E-state index contributed by atoms with van der Waals surface area (Å²) in [5.74, 6) is -2.38. The van der Waals surface area contributed by atoms with Gasteiger partial charge in [-0.05, 0) is 37.8 Å². The fourth-order valence-electron chi connectivity index (χ4n) is 2.24. The summed E-state index contributed by atoms with van der Waals surface area (Å²) in [4.78, 5) is 0.606. The highest BCUT2D eigenvalue weighted by Gasteiger charge is 2.14. The molecular weight excluding hydrogens is 268 g/mol. The molecule has 0 amide bonds. The van der Waals surface area contributed by atoms with E-state index >= 15 is 0 Å². The van der Waals surface area contributed by atoms with Crippen LogP contribution in [0.25, 0.3) is 0 Å². The van der Waals surface area contributed by atoms with E-state index in [1.54, 1.807) is 12.1 Å². The topological polar surface area (TPSA) is 21.3 Å². The second-order valence-corrected chi connectivity index (χ2v) is 5.61. The molecule has 1 fully saturated rings. The van der Waals surface area contributed by atoms with Crippen LogP contribution in [0.4, 0.5) is 14.5 Å². The molecule has 0 saturated carbocycles. The zero-order chi connectivity index (χ0) is 13.5. The highest BCUT2D eigenvalue weighted by molar-refractivity contribution is 7.99. The minimum Gasteiger partial charge on any atom is -0.384 e. The van der Waals surface area contributed by atoms with E-state index in [9.17, 15) is 8.78 Å². The Morgan fingerprint density at radius 3 is 2.95 bits per heavy atom. The SMILES string of the molecule is FC(F)Sc1ccccc1NCCCC1CCCO1. The quantitative estimate of drug-likeness (QED) is 0.594. The lowest BCUT2D eigenvalue weighted by molar-refractivity contribution is 0.103. The lowest BCUT2D eigenvalue weighted by Crippen LogP contribution is -2.09. The van der Waals surface area contributed by atoms with E-state index < -0.39 is 5.76 Å². The molecule has 2 nitrogen and oxygen atoms in total. The third kappa shape index (κ3) is 4.99. The zero-order valence-corrected chi connectivity index (χ0v) is 11.6. The highest BCUT2D eigenvalue weighted by Crippen LogP contribution is 2.31. The maximum Gasteiger partial charge on any atom is 0.288 e. The van der Waals surface area contributed by atoms with Crippen LogP contribution in [0, 0.1) is 0 Å². The van der Waals surface area contributed by atoms with E-state index in [-0.39, 0.29) is 0 Å². The first-order valence-corrected chi connectivity index (χ1v) is 7.53. The summed E-state index contributed by atoms with van der Waals surface area (Å²) in [5, 5.41) is 3.23. The molecule has 1 unspecified atom stereocenters. The third-order valence-corrected chi connectivity index (χ3v) is 3.93. The maximum atomic E-state index is 12.4. The Hall–Kier alpha value is -0.810. The van der Waals surface area contributed by atoms with Crippen LogP contribution in [0.1, 0.15) is 25.7 Å². The number of halogens is 2. The van der Waals surface area contributed by atoms with Crippen molar-refractivity contribution in [3.63, 3.8) is 0 Å². The van der Waals surface area contributed by atoms with Crippen LogP contribution in [0.15, 0.2) is 29.2 Å². The molecule has 0 aliphatic carbocycles. The van der Waals surface area contributed by atoms with Gasteiger partial charge in [-0.3, -0.25) is 0 Å². The van der Waals surface area contributed by atoms with Gasteiger partial charge in [-0.15, -0.1) is 0 Å². The summed E-state index contributed by atoms with van der Waals surface area (Å²) in [6.45, 7) is 1.67. The van der Waals surface area contributed by atoms with Gasteiger partial charge in [0.25, 0.3) is 5.76 Å². The number of benzene rings is 1. The number of nitrogens with one attached hydrogen (secondary N) is 1. The van der Waals surface area contributed by atoms with Crippen LogP contribution in [-0.2, 0) is 4.74 Å². The molecule has 0 bridgehead atoms. The van der Waals surface area contributed by atoms with Crippen molar-refractivity contribution in [1.29, 1.82) is 0 Å². The lowest BCUT2D eigenvalue weighted by Gasteiger charge is -2.13. The van der Waals surface area contributed by atoms with E-state index in [0.29, 0.717) is 22.8 Å². The van der Waals surface area contributed by atoms with Gasteiger partial charge in [-0.2, -0.15) is 8.78 Å². The van der Waals surface area contributed by atoms with Crippen molar-refractivity contribution in [1.82, 2.24) is 0 Å². The van der Waals surface area contributed by atoms with Gasteiger partial charge in [-0.25, -0.2) is 0 Å². The predicted octanol–water partition coefficient (Wildman–Crippen LogP) is 4.37. The van der Waals surface area contributed by atoms with Crippen LogP contribution in [0.3, 0.4) is 0 Å². The first kappa shape index (κ1) is 14.6. The molecule has 5 heteroatoms. The minimum atomic E-state index is -2.38. The smallest absolute Gasteiger partial charge is 0.288 e. The summed E-state index contributed by atoms with van der Waals surface area (Å²) >= 11 is 0.588. The van der Waals surface area contributed by atoms with Gasteiger partial charge in [0, 0.05) is 23.7 Å². The number of ether oxygens (including phenoxy) is 1. The first-order valence-electron chi connectivity index (χ1n) is 6.65. The summed E-state index contributed by atoms with van der Waals surface area (Å²) < 4.78 is 30.4. The highest BCUT2D eigenvalue weighted by atomic mass is 32.2. The maximum absolute atomic E-state index is 12.4. The summed E-state index contributed by atoms with van der Waals surface area (Å²) in [6.07, 6.45) is 4.74.